The SMILES string of the molecule is Cc1ccc(S(=O)(=O)N2CC(C(=O)Nc3ccc(F)cc3F)Oc3cc(C)ccc32)cc1. The minimum absolute atomic E-state index is 0.0697. The van der Waals surface area contributed by atoms with E-state index in [4.69, 9.17) is 4.74 Å². The molecule has 1 atom stereocenters. The number of fused-ring (bicyclic) bond motifs is 1. The van der Waals surface area contributed by atoms with E-state index in [2.05, 4.69) is 5.32 Å². The molecule has 0 bridgehead atoms. The second-order valence-corrected chi connectivity index (χ2v) is 9.40. The number of hydrogen-bond donors (Lipinski definition) is 1. The largest absolute Gasteiger partial charge is 0.476 e. The number of sulfonamides is 1. The second kappa shape index (κ2) is 8.23. The van der Waals surface area contributed by atoms with E-state index in [-0.39, 0.29) is 22.9 Å². The summed E-state index contributed by atoms with van der Waals surface area (Å²) < 4.78 is 60.8. The molecule has 0 saturated heterocycles. The fraction of sp³-hybridized carbons (Fsp3) is 0.174. The summed E-state index contributed by atoms with van der Waals surface area (Å²) in [6.07, 6.45) is -1.26. The van der Waals surface area contributed by atoms with Gasteiger partial charge >= 0.3 is 0 Å². The second-order valence-electron chi connectivity index (χ2n) is 7.54. The monoisotopic (exact) mass is 458 g/mol. The molecule has 0 radical (unpaired) electrons. The molecule has 1 amide bonds. The summed E-state index contributed by atoms with van der Waals surface area (Å²) in [4.78, 5) is 12.9. The minimum Gasteiger partial charge on any atom is -0.476 e. The summed E-state index contributed by atoms with van der Waals surface area (Å²) in [7, 11) is -4.01. The van der Waals surface area contributed by atoms with Crippen molar-refractivity contribution in [3.05, 3.63) is 83.4 Å². The molecule has 6 nitrogen and oxygen atoms in total. The first kappa shape index (κ1) is 21.8. The highest BCUT2D eigenvalue weighted by Gasteiger charge is 2.37. The number of benzene rings is 3. The third kappa shape index (κ3) is 4.16. The zero-order valence-corrected chi connectivity index (χ0v) is 18.1. The summed E-state index contributed by atoms with van der Waals surface area (Å²) in [6, 6.07) is 14.1. The summed E-state index contributed by atoms with van der Waals surface area (Å²) in [5.41, 5.74) is 1.78. The number of anilines is 2. The molecule has 0 aromatic heterocycles. The average Bonchev–Trinajstić information content (AvgIpc) is 2.74. The Morgan fingerprint density at radius 2 is 1.69 bits per heavy atom. The first-order valence-electron chi connectivity index (χ1n) is 9.78. The molecule has 4 rings (SSSR count). The molecule has 3 aromatic carbocycles. The van der Waals surface area contributed by atoms with Gasteiger partial charge in [0.05, 0.1) is 22.8 Å². The van der Waals surface area contributed by atoms with Gasteiger partial charge in [0, 0.05) is 6.07 Å². The van der Waals surface area contributed by atoms with Crippen molar-refractivity contribution in [1.82, 2.24) is 0 Å². The fourth-order valence-electron chi connectivity index (χ4n) is 3.37. The van der Waals surface area contributed by atoms with Gasteiger partial charge in [-0.25, -0.2) is 17.2 Å². The van der Waals surface area contributed by atoms with Crippen LogP contribution in [0.3, 0.4) is 0 Å². The Bertz CT molecular complexity index is 1290. The van der Waals surface area contributed by atoms with E-state index < -0.39 is 33.7 Å². The quantitative estimate of drug-likeness (QED) is 0.637. The van der Waals surface area contributed by atoms with Crippen molar-refractivity contribution in [1.29, 1.82) is 0 Å². The fourth-order valence-corrected chi connectivity index (χ4v) is 4.84. The van der Waals surface area contributed by atoms with Gasteiger partial charge in [-0.05, 0) is 55.8 Å². The number of carbonyl (C=O) groups is 1. The maximum absolute atomic E-state index is 14.0. The Balaban J connectivity index is 1.69. The van der Waals surface area contributed by atoms with Crippen molar-refractivity contribution in [2.45, 2.75) is 24.8 Å². The summed E-state index contributed by atoms with van der Waals surface area (Å²) >= 11 is 0. The molecule has 166 valence electrons. The van der Waals surface area contributed by atoms with Crippen LogP contribution in [0, 0.1) is 25.5 Å². The Morgan fingerprint density at radius 3 is 2.38 bits per heavy atom. The van der Waals surface area contributed by atoms with Gasteiger partial charge in [-0.2, -0.15) is 0 Å². The Labute approximate surface area is 184 Å². The first-order chi connectivity index (χ1) is 15.1. The zero-order chi connectivity index (χ0) is 23.0. The summed E-state index contributed by atoms with van der Waals surface area (Å²) in [5, 5.41) is 2.34. The van der Waals surface area contributed by atoms with Crippen LogP contribution in [0.4, 0.5) is 20.2 Å². The van der Waals surface area contributed by atoms with Gasteiger partial charge < -0.3 is 10.1 Å². The lowest BCUT2D eigenvalue weighted by Crippen LogP contribution is -2.48. The van der Waals surface area contributed by atoms with Gasteiger partial charge in [0.25, 0.3) is 15.9 Å². The molecule has 3 aromatic rings. The number of ether oxygens (including phenoxy) is 1. The predicted octanol–water partition coefficient (Wildman–Crippen LogP) is 4.18. The number of nitrogens with zero attached hydrogens (tertiary/aromatic N) is 1. The number of nitrogens with one attached hydrogen (secondary N) is 1. The molecule has 1 heterocycles. The maximum atomic E-state index is 14.0. The van der Waals surface area contributed by atoms with Crippen molar-refractivity contribution in [3.8, 4) is 5.75 Å². The van der Waals surface area contributed by atoms with Crippen LogP contribution in [0.15, 0.2) is 65.6 Å². The highest BCUT2D eigenvalue weighted by molar-refractivity contribution is 7.92. The van der Waals surface area contributed by atoms with Crippen LogP contribution in [0.2, 0.25) is 0 Å². The van der Waals surface area contributed by atoms with E-state index in [9.17, 15) is 22.0 Å². The van der Waals surface area contributed by atoms with Crippen LogP contribution in [0.25, 0.3) is 0 Å². The van der Waals surface area contributed by atoms with Crippen molar-refractivity contribution >= 4 is 27.3 Å². The first-order valence-corrected chi connectivity index (χ1v) is 11.2. The molecule has 1 aliphatic rings. The van der Waals surface area contributed by atoms with Crippen LogP contribution in [0.1, 0.15) is 11.1 Å². The lowest BCUT2D eigenvalue weighted by atomic mass is 10.1. The van der Waals surface area contributed by atoms with Crippen LogP contribution < -0.4 is 14.4 Å². The highest BCUT2D eigenvalue weighted by atomic mass is 32.2. The van der Waals surface area contributed by atoms with E-state index in [1.54, 1.807) is 37.3 Å². The molecule has 1 unspecified atom stereocenters. The number of aryl methyl sites for hydroxylation is 2. The summed E-state index contributed by atoms with van der Waals surface area (Å²) in [5.74, 6) is -2.28. The van der Waals surface area contributed by atoms with Gasteiger partial charge in [0.2, 0.25) is 0 Å². The molecular weight excluding hydrogens is 438 g/mol. The van der Waals surface area contributed by atoms with E-state index in [0.717, 1.165) is 27.6 Å². The van der Waals surface area contributed by atoms with Gasteiger partial charge in [-0.15, -0.1) is 0 Å². The standard InChI is InChI=1S/C23H20F2N2O4S/c1-14-3-7-17(8-4-14)32(29,30)27-13-22(31-21-11-15(2)5-10-20(21)27)23(28)26-19-9-6-16(24)12-18(19)25/h3-12,22H,13H2,1-2H3,(H,26,28). The van der Waals surface area contributed by atoms with Crippen molar-refractivity contribution < 1.29 is 26.7 Å². The van der Waals surface area contributed by atoms with Gasteiger partial charge in [0.1, 0.15) is 17.4 Å². The molecule has 0 aliphatic carbocycles. The van der Waals surface area contributed by atoms with E-state index >= 15 is 0 Å². The number of hydrogen-bond acceptors (Lipinski definition) is 4. The minimum atomic E-state index is -4.01. The number of halogens is 2. The van der Waals surface area contributed by atoms with Crippen molar-refractivity contribution in [2.24, 2.45) is 0 Å². The van der Waals surface area contributed by atoms with E-state index in [0.29, 0.717) is 11.8 Å². The smallest absolute Gasteiger partial charge is 0.267 e. The van der Waals surface area contributed by atoms with Crippen LogP contribution in [-0.4, -0.2) is 27.0 Å². The third-order valence-electron chi connectivity index (χ3n) is 5.08. The molecule has 9 heteroatoms. The molecule has 0 saturated carbocycles. The van der Waals surface area contributed by atoms with Crippen LogP contribution in [0.5, 0.6) is 5.75 Å². The lowest BCUT2D eigenvalue weighted by molar-refractivity contribution is -0.122. The number of carbonyl (C=O) groups excluding carboxylic acids is 1. The van der Waals surface area contributed by atoms with E-state index in [1.165, 1.54) is 12.1 Å². The number of rotatable bonds is 4. The lowest BCUT2D eigenvalue weighted by Gasteiger charge is -2.35. The zero-order valence-electron chi connectivity index (χ0n) is 17.3. The highest BCUT2D eigenvalue weighted by Crippen LogP contribution is 2.38. The number of amides is 1. The molecule has 32 heavy (non-hydrogen) atoms. The third-order valence-corrected chi connectivity index (χ3v) is 6.87. The van der Waals surface area contributed by atoms with Crippen molar-refractivity contribution in [2.75, 3.05) is 16.2 Å². The average molecular weight is 458 g/mol. The molecule has 1 N–H and O–H groups in total. The topological polar surface area (TPSA) is 75.7 Å². The van der Waals surface area contributed by atoms with Crippen LogP contribution >= 0.6 is 0 Å². The Morgan fingerprint density at radius 1 is 1.00 bits per heavy atom. The van der Waals surface area contributed by atoms with Gasteiger partial charge in [-0.3, -0.25) is 9.10 Å². The predicted molar refractivity (Wildman–Crippen MR) is 116 cm³/mol. The van der Waals surface area contributed by atoms with Crippen LogP contribution in [-0.2, 0) is 14.8 Å². The molecular formula is C23H20F2N2O4S. The van der Waals surface area contributed by atoms with Crippen molar-refractivity contribution in [3.63, 3.8) is 0 Å². The van der Waals surface area contributed by atoms with Gasteiger partial charge in [0.15, 0.2) is 6.10 Å². The molecule has 1 aliphatic heterocycles. The summed E-state index contributed by atoms with van der Waals surface area (Å²) in [6.45, 7) is 3.33. The molecule has 0 spiro atoms. The Hall–Kier alpha value is -3.46. The Kier molecular flexibility index (Phi) is 5.60. The maximum Gasteiger partial charge on any atom is 0.267 e. The van der Waals surface area contributed by atoms with Gasteiger partial charge in [-0.1, -0.05) is 23.8 Å². The molecule has 0 fully saturated rings. The van der Waals surface area contributed by atoms with E-state index in [1.807, 2.05) is 6.92 Å². The normalized spacial score (nSPS) is 15.6.